The van der Waals surface area contributed by atoms with Gasteiger partial charge in [0.2, 0.25) is 0 Å². The SMILES string of the molecule is CCCC(CC)(CC)CCC(F)(F)S. The highest BCUT2D eigenvalue weighted by Gasteiger charge is 2.31. The lowest BCUT2D eigenvalue weighted by Crippen LogP contribution is -2.21. The minimum atomic E-state index is -2.80. The first-order chi connectivity index (χ1) is 6.39. The van der Waals surface area contributed by atoms with Gasteiger partial charge in [0, 0.05) is 6.42 Å². The topological polar surface area (TPSA) is 0 Å². The third-order valence-electron chi connectivity index (χ3n) is 3.24. The summed E-state index contributed by atoms with van der Waals surface area (Å²) in [5.41, 5.74) is 0.112. The van der Waals surface area contributed by atoms with Gasteiger partial charge in [-0.1, -0.05) is 40.0 Å². The van der Waals surface area contributed by atoms with Crippen molar-refractivity contribution in [2.24, 2.45) is 5.41 Å². The molecule has 86 valence electrons. The van der Waals surface area contributed by atoms with Crippen molar-refractivity contribution >= 4 is 12.6 Å². The van der Waals surface area contributed by atoms with Gasteiger partial charge in [-0.25, -0.2) is 0 Å². The van der Waals surface area contributed by atoms with E-state index in [2.05, 4.69) is 33.4 Å². The molecule has 0 saturated carbocycles. The van der Waals surface area contributed by atoms with Crippen molar-refractivity contribution < 1.29 is 8.78 Å². The van der Waals surface area contributed by atoms with Crippen LogP contribution in [0.3, 0.4) is 0 Å². The zero-order valence-electron chi connectivity index (χ0n) is 9.45. The second kappa shape index (κ2) is 5.94. The van der Waals surface area contributed by atoms with Gasteiger partial charge in [-0.3, -0.25) is 0 Å². The Labute approximate surface area is 91.9 Å². The van der Waals surface area contributed by atoms with Gasteiger partial charge in [-0.2, -0.15) is 8.78 Å². The van der Waals surface area contributed by atoms with Crippen molar-refractivity contribution in [3.05, 3.63) is 0 Å². The maximum Gasteiger partial charge on any atom is 0.291 e. The largest absolute Gasteiger partial charge is 0.291 e. The third-order valence-corrected chi connectivity index (χ3v) is 3.46. The Bertz CT molecular complexity index is 148. The lowest BCUT2D eigenvalue weighted by molar-refractivity contribution is 0.0695. The zero-order valence-corrected chi connectivity index (χ0v) is 10.3. The summed E-state index contributed by atoms with van der Waals surface area (Å²) in [4.78, 5) is 0. The summed E-state index contributed by atoms with van der Waals surface area (Å²) in [6, 6.07) is 0. The molecule has 0 spiro atoms. The number of thiol groups is 1. The molecule has 3 heteroatoms. The number of hydrogen-bond donors (Lipinski definition) is 1. The summed E-state index contributed by atoms with van der Waals surface area (Å²) in [5.74, 6) is 0. The molecule has 0 aromatic carbocycles. The van der Waals surface area contributed by atoms with Crippen molar-refractivity contribution in [1.29, 1.82) is 0 Å². The maximum atomic E-state index is 12.6. The van der Waals surface area contributed by atoms with Crippen LogP contribution in [0.2, 0.25) is 0 Å². The first kappa shape index (κ1) is 14.2. The molecule has 0 rings (SSSR count). The molecule has 0 nitrogen and oxygen atoms in total. The van der Waals surface area contributed by atoms with E-state index in [0.717, 1.165) is 25.7 Å². The van der Waals surface area contributed by atoms with Gasteiger partial charge >= 0.3 is 0 Å². The Balaban J connectivity index is 4.21. The fraction of sp³-hybridized carbons (Fsp3) is 1.00. The molecule has 0 aliphatic heterocycles. The molecule has 0 heterocycles. The van der Waals surface area contributed by atoms with Crippen LogP contribution in [0, 0.1) is 5.41 Å². The third kappa shape index (κ3) is 5.18. The molecule has 0 fully saturated rings. The van der Waals surface area contributed by atoms with Gasteiger partial charge in [0.1, 0.15) is 0 Å². The van der Waals surface area contributed by atoms with E-state index in [9.17, 15) is 8.78 Å². The standard InChI is InChI=1S/C11H22F2S/c1-4-7-10(5-2,6-3)8-9-11(12,13)14/h14H,4-9H2,1-3H3. The fourth-order valence-electron chi connectivity index (χ4n) is 2.03. The lowest BCUT2D eigenvalue weighted by atomic mass is 9.75. The van der Waals surface area contributed by atoms with Crippen molar-refractivity contribution in [3.8, 4) is 0 Å². The Hall–Kier alpha value is 0.210. The monoisotopic (exact) mass is 224 g/mol. The molecular weight excluding hydrogens is 202 g/mol. The smallest absolute Gasteiger partial charge is 0.195 e. The molecule has 0 aromatic heterocycles. The molecule has 0 unspecified atom stereocenters. The van der Waals surface area contributed by atoms with Gasteiger partial charge < -0.3 is 0 Å². The van der Waals surface area contributed by atoms with E-state index in [1.54, 1.807) is 0 Å². The second-order valence-electron chi connectivity index (χ2n) is 4.12. The van der Waals surface area contributed by atoms with Gasteiger partial charge in [-0.05, 0) is 18.3 Å². The quantitative estimate of drug-likeness (QED) is 0.584. The Morgan fingerprint density at radius 3 is 1.71 bits per heavy atom. The molecule has 0 bridgehead atoms. The Morgan fingerprint density at radius 1 is 0.929 bits per heavy atom. The van der Waals surface area contributed by atoms with Crippen molar-refractivity contribution in [2.45, 2.75) is 64.6 Å². The van der Waals surface area contributed by atoms with Crippen molar-refractivity contribution in [2.75, 3.05) is 0 Å². The molecule has 0 N–H and O–H groups in total. The first-order valence-electron chi connectivity index (χ1n) is 5.49. The average molecular weight is 224 g/mol. The number of alkyl halides is 2. The molecule has 0 radical (unpaired) electrons. The highest BCUT2D eigenvalue weighted by Crippen LogP contribution is 2.40. The molecule has 0 aliphatic carbocycles. The number of rotatable bonds is 7. The summed E-state index contributed by atoms with van der Waals surface area (Å²) >= 11 is 3.28. The minimum absolute atomic E-state index is 0.0994. The van der Waals surface area contributed by atoms with Gasteiger partial charge in [0.25, 0.3) is 5.25 Å². The maximum absolute atomic E-state index is 12.6. The summed E-state index contributed by atoms with van der Waals surface area (Å²) in [6.45, 7) is 6.30. The summed E-state index contributed by atoms with van der Waals surface area (Å²) in [7, 11) is 0. The van der Waals surface area contributed by atoms with E-state index in [1.807, 2.05) is 0 Å². The van der Waals surface area contributed by atoms with E-state index < -0.39 is 5.25 Å². The molecule has 0 atom stereocenters. The average Bonchev–Trinajstić information content (AvgIpc) is 2.11. The predicted molar refractivity (Wildman–Crippen MR) is 61.1 cm³/mol. The summed E-state index contributed by atoms with van der Waals surface area (Å²) in [5, 5.41) is -2.80. The van der Waals surface area contributed by atoms with E-state index >= 15 is 0 Å². The fourth-order valence-corrected chi connectivity index (χ4v) is 2.14. The normalized spacial score (nSPS) is 13.3. The second-order valence-corrected chi connectivity index (χ2v) is 4.78. The molecule has 0 aliphatic rings. The van der Waals surface area contributed by atoms with E-state index in [4.69, 9.17) is 0 Å². The minimum Gasteiger partial charge on any atom is -0.195 e. The molecular formula is C11H22F2S. The highest BCUT2D eigenvalue weighted by molar-refractivity contribution is 7.81. The van der Waals surface area contributed by atoms with Crippen LogP contribution in [0.4, 0.5) is 8.78 Å². The van der Waals surface area contributed by atoms with Crippen LogP contribution in [0.5, 0.6) is 0 Å². The molecule has 0 aromatic rings. The zero-order chi connectivity index (χ0) is 11.2. The number of halogens is 2. The summed E-state index contributed by atoms with van der Waals surface area (Å²) < 4.78 is 25.3. The highest BCUT2D eigenvalue weighted by atomic mass is 32.1. The number of hydrogen-bond acceptors (Lipinski definition) is 1. The lowest BCUT2D eigenvalue weighted by Gasteiger charge is -2.32. The van der Waals surface area contributed by atoms with E-state index in [0.29, 0.717) is 6.42 Å². The molecule has 0 saturated heterocycles. The molecule has 0 amide bonds. The first-order valence-corrected chi connectivity index (χ1v) is 5.94. The van der Waals surface area contributed by atoms with Crippen molar-refractivity contribution in [1.82, 2.24) is 0 Å². The van der Waals surface area contributed by atoms with Gasteiger partial charge in [0.15, 0.2) is 0 Å². The molecule has 14 heavy (non-hydrogen) atoms. The van der Waals surface area contributed by atoms with Gasteiger partial charge in [0.05, 0.1) is 0 Å². The Morgan fingerprint density at radius 2 is 1.43 bits per heavy atom. The van der Waals surface area contributed by atoms with E-state index in [1.165, 1.54) is 0 Å². The van der Waals surface area contributed by atoms with Crippen LogP contribution in [0.1, 0.15) is 59.3 Å². The van der Waals surface area contributed by atoms with E-state index in [-0.39, 0.29) is 11.8 Å². The Kier molecular flexibility index (Phi) is 6.03. The van der Waals surface area contributed by atoms with Crippen LogP contribution in [-0.2, 0) is 0 Å². The van der Waals surface area contributed by atoms with Crippen LogP contribution in [0.15, 0.2) is 0 Å². The van der Waals surface area contributed by atoms with Crippen molar-refractivity contribution in [3.63, 3.8) is 0 Å². The van der Waals surface area contributed by atoms with Gasteiger partial charge in [-0.15, -0.1) is 12.6 Å². The summed E-state index contributed by atoms with van der Waals surface area (Å²) in [6.07, 6.45) is 4.58. The van der Waals surface area contributed by atoms with Crippen LogP contribution >= 0.6 is 12.6 Å². The predicted octanol–water partition coefficient (Wildman–Crippen LogP) is 4.90. The van der Waals surface area contributed by atoms with Crippen LogP contribution in [-0.4, -0.2) is 5.25 Å². The van der Waals surface area contributed by atoms with Crippen LogP contribution in [0.25, 0.3) is 0 Å². The van der Waals surface area contributed by atoms with Crippen LogP contribution < -0.4 is 0 Å².